The van der Waals surface area contributed by atoms with Crippen LogP contribution in [0.25, 0.3) is 0 Å². The Balaban J connectivity index is 2.36. The molecule has 0 aliphatic carbocycles. The zero-order valence-corrected chi connectivity index (χ0v) is 12.8. The van der Waals surface area contributed by atoms with Gasteiger partial charge in [-0.2, -0.15) is 0 Å². The van der Waals surface area contributed by atoms with Crippen molar-refractivity contribution in [1.82, 2.24) is 4.90 Å². The zero-order valence-electron chi connectivity index (χ0n) is 12.8. The highest BCUT2D eigenvalue weighted by Gasteiger charge is 2.26. The molecule has 0 aliphatic rings. The number of benzene rings is 1. The van der Waals surface area contributed by atoms with Crippen molar-refractivity contribution in [2.45, 2.75) is 26.7 Å². The number of likely N-dealkylation sites (N-methyl/N-ethyl adjacent to an activating group) is 1. The SMILES string of the molecule is CN(CCOc1ccccc1)C(=O)CC(C)(C)CC(=O)O. The quantitative estimate of drug-likeness (QED) is 0.799. The molecule has 1 amide bonds. The first-order valence-corrected chi connectivity index (χ1v) is 6.94. The van der Waals surface area contributed by atoms with Crippen LogP contribution in [0.15, 0.2) is 30.3 Å². The van der Waals surface area contributed by atoms with Crippen molar-refractivity contribution >= 4 is 11.9 Å². The maximum Gasteiger partial charge on any atom is 0.303 e. The third kappa shape index (κ3) is 6.79. The van der Waals surface area contributed by atoms with Gasteiger partial charge >= 0.3 is 5.97 Å². The predicted octanol–water partition coefficient (Wildman–Crippen LogP) is 2.41. The molecule has 0 saturated heterocycles. The third-order valence-electron chi connectivity index (χ3n) is 3.12. The van der Waals surface area contributed by atoms with Crippen LogP contribution in [0, 0.1) is 5.41 Å². The fraction of sp³-hybridized carbons (Fsp3) is 0.500. The predicted molar refractivity (Wildman–Crippen MR) is 80.2 cm³/mol. The fourth-order valence-corrected chi connectivity index (χ4v) is 1.96. The lowest BCUT2D eigenvalue weighted by atomic mass is 9.85. The molecule has 21 heavy (non-hydrogen) atoms. The Morgan fingerprint density at radius 2 is 1.81 bits per heavy atom. The number of hydrogen-bond donors (Lipinski definition) is 1. The van der Waals surface area contributed by atoms with E-state index in [9.17, 15) is 9.59 Å². The minimum absolute atomic E-state index is 0.0207. The number of carbonyl (C=O) groups excluding carboxylic acids is 1. The van der Waals surface area contributed by atoms with Crippen LogP contribution in [0.4, 0.5) is 0 Å². The van der Waals surface area contributed by atoms with Gasteiger partial charge in [0.2, 0.25) is 5.91 Å². The molecule has 1 aromatic carbocycles. The fourth-order valence-electron chi connectivity index (χ4n) is 1.96. The largest absolute Gasteiger partial charge is 0.492 e. The number of ether oxygens (including phenoxy) is 1. The van der Waals surface area contributed by atoms with E-state index in [1.165, 1.54) is 0 Å². The van der Waals surface area contributed by atoms with Crippen LogP contribution in [0.2, 0.25) is 0 Å². The average molecular weight is 293 g/mol. The Hall–Kier alpha value is -2.04. The molecule has 0 atom stereocenters. The van der Waals surface area contributed by atoms with Crippen LogP contribution in [0.1, 0.15) is 26.7 Å². The number of amides is 1. The number of carboxylic acids is 1. The Bertz CT molecular complexity index is 470. The van der Waals surface area contributed by atoms with Crippen molar-refractivity contribution in [2.75, 3.05) is 20.2 Å². The van der Waals surface area contributed by atoms with E-state index >= 15 is 0 Å². The second-order valence-corrected chi connectivity index (χ2v) is 5.89. The molecule has 0 unspecified atom stereocenters. The lowest BCUT2D eigenvalue weighted by Crippen LogP contribution is -2.34. The van der Waals surface area contributed by atoms with E-state index in [4.69, 9.17) is 9.84 Å². The van der Waals surface area contributed by atoms with E-state index in [-0.39, 0.29) is 18.7 Å². The van der Waals surface area contributed by atoms with Gasteiger partial charge in [0.15, 0.2) is 0 Å². The van der Waals surface area contributed by atoms with Crippen molar-refractivity contribution in [3.8, 4) is 5.75 Å². The van der Waals surface area contributed by atoms with E-state index < -0.39 is 11.4 Å². The van der Waals surface area contributed by atoms with Gasteiger partial charge in [0.25, 0.3) is 0 Å². The summed E-state index contributed by atoms with van der Waals surface area (Å²) in [6, 6.07) is 9.40. The van der Waals surface area contributed by atoms with Crippen LogP contribution in [-0.2, 0) is 9.59 Å². The second kappa shape index (κ2) is 7.67. The highest BCUT2D eigenvalue weighted by Crippen LogP contribution is 2.25. The van der Waals surface area contributed by atoms with Gasteiger partial charge in [-0.1, -0.05) is 32.0 Å². The number of carboxylic acid groups (broad SMARTS) is 1. The van der Waals surface area contributed by atoms with E-state index in [1.807, 2.05) is 30.3 Å². The minimum Gasteiger partial charge on any atom is -0.492 e. The monoisotopic (exact) mass is 293 g/mol. The topological polar surface area (TPSA) is 66.8 Å². The number of nitrogens with zero attached hydrogens (tertiary/aromatic N) is 1. The molecule has 0 radical (unpaired) electrons. The molecule has 0 spiro atoms. The maximum absolute atomic E-state index is 12.1. The highest BCUT2D eigenvalue weighted by molar-refractivity contribution is 5.77. The summed E-state index contributed by atoms with van der Waals surface area (Å²) >= 11 is 0. The molecule has 1 aromatic rings. The standard InChI is InChI=1S/C16H23NO4/c1-16(2,12-15(19)20)11-14(18)17(3)9-10-21-13-7-5-4-6-8-13/h4-8H,9-12H2,1-3H3,(H,19,20). The number of carbonyl (C=O) groups is 2. The van der Waals surface area contributed by atoms with E-state index in [0.29, 0.717) is 13.2 Å². The molecule has 0 bridgehead atoms. The van der Waals surface area contributed by atoms with Crippen LogP contribution >= 0.6 is 0 Å². The number of hydrogen-bond acceptors (Lipinski definition) is 3. The molecule has 116 valence electrons. The Morgan fingerprint density at radius 3 is 2.38 bits per heavy atom. The van der Waals surface area contributed by atoms with Gasteiger partial charge in [-0.15, -0.1) is 0 Å². The summed E-state index contributed by atoms with van der Waals surface area (Å²) in [6.45, 7) is 4.45. The van der Waals surface area contributed by atoms with E-state index in [1.54, 1.807) is 25.8 Å². The molecule has 0 aromatic heterocycles. The highest BCUT2D eigenvalue weighted by atomic mass is 16.5. The second-order valence-electron chi connectivity index (χ2n) is 5.89. The summed E-state index contributed by atoms with van der Waals surface area (Å²) < 4.78 is 5.53. The number of aliphatic carboxylic acids is 1. The molecular formula is C16H23NO4. The van der Waals surface area contributed by atoms with Gasteiger partial charge < -0.3 is 14.7 Å². The smallest absolute Gasteiger partial charge is 0.303 e. The van der Waals surface area contributed by atoms with Gasteiger partial charge in [0, 0.05) is 13.5 Å². The lowest BCUT2D eigenvalue weighted by Gasteiger charge is -2.25. The summed E-state index contributed by atoms with van der Waals surface area (Å²) in [5.74, 6) is -0.190. The van der Waals surface area contributed by atoms with Crippen molar-refractivity contribution in [3.05, 3.63) is 30.3 Å². The van der Waals surface area contributed by atoms with Gasteiger partial charge in [-0.05, 0) is 17.5 Å². The van der Waals surface area contributed by atoms with Crippen molar-refractivity contribution in [3.63, 3.8) is 0 Å². The Labute approximate surface area is 125 Å². The molecule has 0 saturated carbocycles. The van der Waals surface area contributed by atoms with Crippen LogP contribution in [-0.4, -0.2) is 42.1 Å². The zero-order chi connectivity index (χ0) is 15.9. The summed E-state index contributed by atoms with van der Waals surface area (Å²) in [5.41, 5.74) is -0.544. The molecule has 5 heteroatoms. The summed E-state index contributed by atoms with van der Waals surface area (Å²) in [5, 5.41) is 8.82. The first-order valence-electron chi connectivity index (χ1n) is 6.94. The van der Waals surface area contributed by atoms with Crippen molar-refractivity contribution in [1.29, 1.82) is 0 Å². The van der Waals surface area contributed by atoms with Gasteiger partial charge in [-0.25, -0.2) is 0 Å². The van der Waals surface area contributed by atoms with Crippen LogP contribution < -0.4 is 4.74 Å². The van der Waals surface area contributed by atoms with Crippen LogP contribution in [0.3, 0.4) is 0 Å². The number of para-hydroxylation sites is 1. The molecule has 1 rings (SSSR count). The van der Waals surface area contributed by atoms with E-state index in [2.05, 4.69) is 0 Å². The number of rotatable bonds is 8. The third-order valence-corrected chi connectivity index (χ3v) is 3.12. The first-order chi connectivity index (χ1) is 9.80. The summed E-state index contributed by atoms with van der Waals surface area (Å²) in [4.78, 5) is 24.4. The Morgan fingerprint density at radius 1 is 1.19 bits per heavy atom. The average Bonchev–Trinajstić information content (AvgIpc) is 2.37. The van der Waals surface area contributed by atoms with Gasteiger partial charge in [-0.3, -0.25) is 9.59 Å². The maximum atomic E-state index is 12.1. The molecular weight excluding hydrogens is 270 g/mol. The van der Waals surface area contributed by atoms with Crippen LogP contribution in [0.5, 0.6) is 5.75 Å². The minimum atomic E-state index is -0.886. The molecule has 0 heterocycles. The molecule has 1 N–H and O–H groups in total. The Kier molecular flexibility index (Phi) is 6.21. The molecule has 0 fully saturated rings. The molecule has 5 nitrogen and oxygen atoms in total. The summed E-state index contributed by atoms with van der Waals surface area (Å²) in [6.07, 6.45) is 0.189. The van der Waals surface area contributed by atoms with Crippen molar-refractivity contribution < 1.29 is 19.4 Å². The lowest BCUT2D eigenvalue weighted by molar-refractivity contribution is -0.140. The summed E-state index contributed by atoms with van der Waals surface area (Å²) in [7, 11) is 1.70. The first kappa shape index (κ1) is 17.0. The van der Waals surface area contributed by atoms with Crippen molar-refractivity contribution in [2.24, 2.45) is 5.41 Å². The normalized spacial score (nSPS) is 11.0. The van der Waals surface area contributed by atoms with Gasteiger partial charge in [0.1, 0.15) is 12.4 Å². The van der Waals surface area contributed by atoms with E-state index in [0.717, 1.165) is 5.75 Å². The molecule has 0 aliphatic heterocycles. The van der Waals surface area contributed by atoms with Gasteiger partial charge in [0.05, 0.1) is 13.0 Å².